The molecule has 0 bridgehead atoms. The van der Waals surface area contributed by atoms with Gasteiger partial charge in [0.2, 0.25) is 10.0 Å². The summed E-state index contributed by atoms with van der Waals surface area (Å²) < 4.78 is 44.2. The molecule has 1 atom stereocenters. The summed E-state index contributed by atoms with van der Waals surface area (Å²) in [5.74, 6) is 0.953. The van der Waals surface area contributed by atoms with Crippen LogP contribution < -0.4 is 0 Å². The molecule has 0 amide bonds. The highest BCUT2D eigenvalue weighted by molar-refractivity contribution is 7.93. The smallest absolute Gasteiger partial charge is 0.244 e. The van der Waals surface area contributed by atoms with Gasteiger partial charge in [-0.2, -0.15) is 9.40 Å². The van der Waals surface area contributed by atoms with Crippen LogP contribution in [0.3, 0.4) is 0 Å². The normalized spacial score (nSPS) is 19.9. The second-order valence-electron chi connectivity index (χ2n) is 9.23. The zero-order chi connectivity index (χ0) is 24.9. The summed E-state index contributed by atoms with van der Waals surface area (Å²) >= 11 is 0. The highest BCUT2D eigenvalue weighted by Crippen LogP contribution is 2.44. The van der Waals surface area contributed by atoms with Crippen molar-refractivity contribution in [2.45, 2.75) is 32.2 Å². The third-order valence-electron chi connectivity index (χ3n) is 6.92. The molecule has 0 aliphatic carbocycles. The average Bonchev–Trinajstić information content (AvgIpc) is 3.24. The second kappa shape index (κ2) is 8.83. The minimum Gasteiger partial charge on any atom is -0.320 e. The monoisotopic (exact) mass is 503 g/mol. The number of rotatable bonds is 4. The van der Waals surface area contributed by atoms with Crippen LogP contribution in [0.15, 0.2) is 82.8 Å². The molecule has 36 heavy (non-hydrogen) atoms. The maximum Gasteiger partial charge on any atom is 0.244 e. The lowest BCUT2D eigenvalue weighted by molar-refractivity contribution is 0.349. The first-order valence-electron chi connectivity index (χ1n) is 12.1. The van der Waals surface area contributed by atoms with E-state index >= 15 is 0 Å². The maximum atomic E-state index is 13.9. The van der Waals surface area contributed by atoms with E-state index in [1.165, 1.54) is 12.1 Å². The van der Waals surface area contributed by atoms with Gasteiger partial charge in [-0.05, 0) is 61.7 Å². The summed E-state index contributed by atoms with van der Waals surface area (Å²) in [7, 11) is -3.64. The molecule has 0 saturated carbocycles. The van der Waals surface area contributed by atoms with Crippen LogP contribution in [-0.2, 0) is 10.0 Å². The van der Waals surface area contributed by atoms with E-state index in [0.29, 0.717) is 24.7 Å². The van der Waals surface area contributed by atoms with Gasteiger partial charge < -0.3 is 4.90 Å². The first-order chi connectivity index (χ1) is 17.4. The Bertz CT molecular complexity index is 1500. The Hall–Kier alpha value is -3.56. The quantitative estimate of drug-likeness (QED) is 0.503. The Kier molecular flexibility index (Phi) is 5.61. The number of benzene rings is 2. The summed E-state index contributed by atoms with van der Waals surface area (Å²) in [4.78, 5) is 7.02. The first kappa shape index (κ1) is 22.9. The van der Waals surface area contributed by atoms with Gasteiger partial charge in [0.25, 0.3) is 0 Å². The predicted octanol–water partition coefficient (Wildman–Crippen LogP) is 4.98. The molecule has 7 nitrogen and oxygen atoms in total. The van der Waals surface area contributed by atoms with Crippen molar-refractivity contribution in [2.75, 3.05) is 13.1 Å². The minimum atomic E-state index is -3.64. The lowest BCUT2D eigenvalue weighted by Crippen LogP contribution is -2.39. The second-order valence-corrected chi connectivity index (χ2v) is 11.2. The molecule has 1 fully saturated rings. The number of hydrogen-bond donors (Lipinski definition) is 0. The summed E-state index contributed by atoms with van der Waals surface area (Å²) in [5, 5.41) is 4.79. The molecule has 3 aromatic rings. The number of hydrogen-bond acceptors (Lipinski definition) is 5. The van der Waals surface area contributed by atoms with Gasteiger partial charge in [-0.3, -0.25) is 0 Å². The SMILES string of the molecule is Cc1nn(-c2ccccc2)c2c1C(c1ccc(F)cc1)N1C=C(S(=O)(=O)N3CCCCC3)C=CC1=N2. The number of halogens is 1. The summed E-state index contributed by atoms with van der Waals surface area (Å²) in [6.07, 6.45) is 7.82. The highest BCUT2D eigenvalue weighted by atomic mass is 32.2. The van der Waals surface area contributed by atoms with E-state index in [-0.39, 0.29) is 10.7 Å². The summed E-state index contributed by atoms with van der Waals surface area (Å²) in [6, 6.07) is 15.7. The van der Waals surface area contributed by atoms with Crippen molar-refractivity contribution in [1.29, 1.82) is 0 Å². The van der Waals surface area contributed by atoms with Crippen molar-refractivity contribution < 1.29 is 12.8 Å². The van der Waals surface area contributed by atoms with Crippen LogP contribution in [0.25, 0.3) is 5.69 Å². The van der Waals surface area contributed by atoms with Gasteiger partial charge in [-0.15, -0.1) is 0 Å². The fourth-order valence-electron chi connectivity index (χ4n) is 5.12. The lowest BCUT2D eigenvalue weighted by Gasteiger charge is -2.37. The van der Waals surface area contributed by atoms with Crippen molar-refractivity contribution in [1.82, 2.24) is 19.0 Å². The third kappa shape index (κ3) is 3.79. The van der Waals surface area contributed by atoms with Crippen molar-refractivity contribution in [3.8, 4) is 5.69 Å². The number of sulfonamides is 1. The van der Waals surface area contributed by atoms with Crippen molar-refractivity contribution in [3.05, 3.63) is 100 Å². The molecule has 0 spiro atoms. The van der Waals surface area contributed by atoms with Gasteiger partial charge in [-0.1, -0.05) is 36.8 Å². The Morgan fingerprint density at radius 2 is 1.67 bits per heavy atom. The summed E-state index contributed by atoms with van der Waals surface area (Å²) in [5.41, 5.74) is 3.33. The number of fused-ring (bicyclic) bond motifs is 2. The van der Waals surface area contributed by atoms with Gasteiger partial charge in [0, 0.05) is 24.9 Å². The summed E-state index contributed by atoms with van der Waals surface area (Å²) in [6.45, 7) is 2.98. The van der Waals surface area contributed by atoms with Gasteiger partial charge in [0.1, 0.15) is 11.7 Å². The molecule has 3 aliphatic rings. The van der Waals surface area contributed by atoms with Crippen LogP contribution in [0.2, 0.25) is 0 Å². The van der Waals surface area contributed by atoms with Crippen LogP contribution in [0.5, 0.6) is 0 Å². The van der Waals surface area contributed by atoms with E-state index in [2.05, 4.69) is 0 Å². The first-order valence-corrected chi connectivity index (χ1v) is 13.5. The molecule has 184 valence electrons. The van der Waals surface area contributed by atoms with E-state index in [0.717, 1.165) is 41.8 Å². The van der Waals surface area contributed by atoms with Gasteiger partial charge in [0.05, 0.1) is 22.3 Å². The Morgan fingerprint density at radius 3 is 2.39 bits per heavy atom. The van der Waals surface area contributed by atoms with E-state index < -0.39 is 16.1 Å². The largest absolute Gasteiger partial charge is 0.320 e. The van der Waals surface area contributed by atoms with E-state index in [4.69, 9.17) is 10.1 Å². The van der Waals surface area contributed by atoms with Crippen molar-refractivity contribution in [2.24, 2.45) is 4.99 Å². The Balaban J connectivity index is 1.51. The molecule has 6 rings (SSSR count). The zero-order valence-electron chi connectivity index (χ0n) is 19.9. The van der Waals surface area contributed by atoms with Crippen LogP contribution in [0, 0.1) is 12.7 Å². The number of nitrogens with zero attached hydrogens (tertiary/aromatic N) is 5. The number of aryl methyl sites for hydroxylation is 1. The molecule has 0 radical (unpaired) electrons. The van der Waals surface area contributed by atoms with Crippen molar-refractivity contribution >= 4 is 21.7 Å². The molecule has 0 N–H and O–H groups in total. The molecule has 4 heterocycles. The number of allylic oxidation sites excluding steroid dienone is 1. The molecule has 1 aromatic heterocycles. The topological polar surface area (TPSA) is 70.8 Å². The molecule has 1 unspecified atom stereocenters. The molecule has 9 heteroatoms. The Morgan fingerprint density at radius 1 is 0.944 bits per heavy atom. The highest BCUT2D eigenvalue weighted by Gasteiger charge is 2.38. The van der Waals surface area contributed by atoms with Crippen molar-refractivity contribution in [3.63, 3.8) is 0 Å². The Labute approximate surface area is 209 Å². The molecular weight excluding hydrogens is 477 g/mol. The molecule has 3 aliphatic heterocycles. The number of aliphatic imine (C=N–C) groups is 1. The standard InChI is InChI=1S/C27H26FN5O2S/c1-19-25-26(20-10-12-21(28)13-11-20)32-18-23(36(34,35)31-16-6-3-7-17-31)14-15-24(32)29-27(25)33(30-19)22-8-4-2-5-9-22/h2,4-5,8-15,18,26H,3,6-7,16-17H2,1H3. The minimum absolute atomic E-state index is 0.229. The fraction of sp³-hybridized carbons (Fsp3) is 0.259. The lowest BCUT2D eigenvalue weighted by atomic mass is 9.94. The van der Waals surface area contributed by atoms with Gasteiger partial charge in [-0.25, -0.2) is 22.5 Å². The number of piperidine rings is 1. The molecular formula is C27H26FN5O2S. The molecule has 2 aromatic carbocycles. The maximum absolute atomic E-state index is 13.9. The van der Waals surface area contributed by atoms with E-state index in [9.17, 15) is 12.8 Å². The number of para-hydroxylation sites is 1. The van der Waals surface area contributed by atoms with Crippen LogP contribution in [0.4, 0.5) is 10.2 Å². The van der Waals surface area contributed by atoms with Gasteiger partial charge >= 0.3 is 0 Å². The van der Waals surface area contributed by atoms with Crippen LogP contribution >= 0.6 is 0 Å². The molecule has 1 saturated heterocycles. The zero-order valence-corrected chi connectivity index (χ0v) is 20.7. The predicted molar refractivity (Wildman–Crippen MR) is 137 cm³/mol. The van der Waals surface area contributed by atoms with Gasteiger partial charge in [0.15, 0.2) is 5.82 Å². The number of amidine groups is 1. The number of aromatic nitrogens is 2. The van der Waals surface area contributed by atoms with Crippen LogP contribution in [0.1, 0.15) is 42.1 Å². The average molecular weight is 504 g/mol. The van der Waals surface area contributed by atoms with E-state index in [1.807, 2.05) is 46.8 Å². The van der Waals surface area contributed by atoms with Crippen LogP contribution in [-0.4, -0.2) is 46.3 Å². The third-order valence-corrected chi connectivity index (χ3v) is 8.80. The fourth-order valence-corrected chi connectivity index (χ4v) is 6.65. The van der Waals surface area contributed by atoms with E-state index in [1.54, 1.807) is 34.8 Å².